The van der Waals surface area contributed by atoms with E-state index in [1.54, 1.807) is 11.8 Å². The van der Waals surface area contributed by atoms with Gasteiger partial charge >= 0.3 is 0 Å². The van der Waals surface area contributed by atoms with Crippen LogP contribution in [0.25, 0.3) is 0 Å². The highest BCUT2D eigenvalue weighted by molar-refractivity contribution is 7.99. The minimum Gasteiger partial charge on any atom is -0.310 e. The summed E-state index contributed by atoms with van der Waals surface area (Å²) in [5.41, 5.74) is 1.18. The number of hydrogen-bond donors (Lipinski definition) is 1. The summed E-state index contributed by atoms with van der Waals surface area (Å²) < 4.78 is 0. The topological polar surface area (TPSA) is 41.1 Å². The zero-order valence-corrected chi connectivity index (χ0v) is 12.7. The third-order valence-electron chi connectivity index (χ3n) is 3.39. The molecular weight excluding hydrogens is 256 g/mol. The fourth-order valence-electron chi connectivity index (χ4n) is 1.86. The zero-order valence-electron chi connectivity index (χ0n) is 11.9. The van der Waals surface area contributed by atoms with Gasteiger partial charge in [0.15, 0.2) is 5.16 Å². The highest BCUT2D eigenvalue weighted by atomic mass is 32.2. The number of nitrogens with zero attached hydrogens (tertiary/aromatic N) is 3. The largest absolute Gasteiger partial charge is 0.310 e. The third kappa shape index (κ3) is 5.47. The molecule has 0 unspecified atom stereocenters. The summed E-state index contributed by atoms with van der Waals surface area (Å²) in [4.78, 5) is 11.3. The summed E-state index contributed by atoms with van der Waals surface area (Å²) >= 11 is 1.74. The van der Waals surface area contributed by atoms with Crippen LogP contribution >= 0.6 is 11.8 Å². The molecule has 0 bridgehead atoms. The molecule has 1 aromatic rings. The van der Waals surface area contributed by atoms with Crippen molar-refractivity contribution >= 4 is 11.8 Å². The first-order valence-electron chi connectivity index (χ1n) is 7.21. The summed E-state index contributed by atoms with van der Waals surface area (Å²) in [6.07, 6.45) is 6.53. The molecule has 0 aliphatic heterocycles. The van der Waals surface area contributed by atoms with Gasteiger partial charge in [0.05, 0.1) is 0 Å². The summed E-state index contributed by atoms with van der Waals surface area (Å²) in [6, 6.07) is 0.739. The Hall–Kier alpha value is -0.650. The Bertz CT molecular complexity index is 360. The second-order valence-corrected chi connectivity index (χ2v) is 5.97. The lowest BCUT2D eigenvalue weighted by atomic mass is 10.3. The predicted octanol–water partition coefficient (Wildman–Crippen LogP) is 2.16. The van der Waals surface area contributed by atoms with E-state index in [4.69, 9.17) is 0 Å². The van der Waals surface area contributed by atoms with E-state index in [9.17, 15) is 0 Å². The maximum atomic E-state index is 4.42. The van der Waals surface area contributed by atoms with E-state index in [0.717, 1.165) is 43.1 Å². The van der Waals surface area contributed by atoms with E-state index in [1.165, 1.54) is 18.4 Å². The molecule has 19 heavy (non-hydrogen) atoms. The minimum atomic E-state index is 0.739. The monoisotopic (exact) mass is 280 g/mol. The second kappa shape index (κ2) is 7.82. The van der Waals surface area contributed by atoms with E-state index in [1.807, 2.05) is 12.4 Å². The molecule has 1 aromatic heterocycles. The van der Waals surface area contributed by atoms with Crippen molar-refractivity contribution in [3.63, 3.8) is 0 Å². The Labute approximate surface area is 120 Å². The van der Waals surface area contributed by atoms with Crippen molar-refractivity contribution in [1.29, 1.82) is 0 Å². The molecule has 0 atom stereocenters. The van der Waals surface area contributed by atoms with Gasteiger partial charge in [-0.05, 0) is 25.9 Å². The molecule has 1 fully saturated rings. The first kappa shape index (κ1) is 14.8. The Morgan fingerprint density at radius 2 is 1.95 bits per heavy atom. The van der Waals surface area contributed by atoms with Gasteiger partial charge < -0.3 is 10.2 Å². The average Bonchev–Trinajstić information content (AvgIpc) is 3.27. The van der Waals surface area contributed by atoms with Crippen LogP contribution in [0.1, 0.15) is 32.3 Å². The van der Waals surface area contributed by atoms with E-state index in [0.29, 0.717) is 0 Å². The van der Waals surface area contributed by atoms with Crippen molar-refractivity contribution in [3.8, 4) is 0 Å². The number of thioether (sulfide) groups is 1. The number of hydrogen-bond acceptors (Lipinski definition) is 5. The van der Waals surface area contributed by atoms with Crippen LogP contribution in [0.5, 0.6) is 0 Å². The van der Waals surface area contributed by atoms with Gasteiger partial charge in [-0.3, -0.25) is 0 Å². The van der Waals surface area contributed by atoms with Gasteiger partial charge in [0.2, 0.25) is 0 Å². The molecule has 1 N–H and O–H groups in total. The van der Waals surface area contributed by atoms with Crippen molar-refractivity contribution in [2.45, 2.75) is 44.4 Å². The maximum Gasteiger partial charge on any atom is 0.187 e. The lowest BCUT2D eigenvalue weighted by molar-refractivity contribution is 0.324. The van der Waals surface area contributed by atoms with Crippen molar-refractivity contribution in [2.75, 3.05) is 25.4 Å². The highest BCUT2D eigenvalue weighted by Gasteiger charge is 2.19. The molecule has 0 spiro atoms. The predicted molar refractivity (Wildman–Crippen MR) is 80.4 cm³/mol. The molecule has 1 aliphatic rings. The number of aromatic nitrogens is 2. The highest BCUT2D eigenvalue weighted by Crippen LogP contribution is 2.19. The van der Waals surface area contributed by atoms with Gasteiger partial charge in [0.1, 0.15) is 0 Å². The van der Waals surface area contributed by atoms with Crippen molar-refractivity contribution in [3.05, 3.63) is 18.0 Å². The van der Waals surface area contributed by atoms with E-state index in [-0.39, 0.29) is 0 Å². The van der Waals surface area contributed by atoms with Gasteiger partial charge in [0, 0.05) is 42.8 Å². The van der Waals surface area contributed by atoms with Gasteiger partial charge in [-0.15, -0.1) is 0 Å². The van der Waals surface area contributed by atoms with Crippen LogP contribution in [-0.4, -0.2) is 46.3 Å². The number of nitrogens with one attached hydrogen (secondary N) is 1. The normalized spacial score (nSPS) is 15.1. The van der Waals surface area contributed by atoms with Crippen LogP contribution in [0.15, 0.2) is 17.6 Å². The van der Waals surface area contributed by atoms with Crippen LogP contribution in [0.2, 0.25) is 0 Å². The van der Waals surface area contributed by atoms with Crippen molar-refractivity contribution in [2.24, 2.45) is 0 Å². The molecule has 2 rings (SSSR count). The smallest absolute Gasteiger partial charge is 0.187 e. The van der Waals surface area contributed by atoms with Gasteiger partial charge in [-0.25, -0.2) is 9.97 Å². The molecule has 1 aliphatic carbocycles. The summed E-state index contributed by atoms with van der Waals surface area (Å²) in [5.74, 6) is 1.06. The van der Waals surface area contributed by atoms with Gasteiger partial charge in [-0.2, -0.15) is 0 Å². The standard InChI is InChI=1S/C14H24N4S/c1-3-18(4-2)7-8-19-14-16-10-12(11-17-14)9-15-13-5-6-13/h10-11,13,15H,3-9H2,1-2H3. The molecular formula is C14H24N4S. The first-order chi connectivity index (χ1) is 9.31. The fraction of sp³-hybridized carbons (Fsp3) is 0.714. The van der Waals surface area contributed by atoms with E-state index in [2.05, 4.69) is 34.0 Å². The lowest BCUT2D eigenvalue weighted by Gasteiger charge is -2.16. The Kier molecular flexibility index (Phi) is 6.07. The minimum absolute atomic E-state index is 0.739. The molecule has 0 radical (unpaired) electrons. The number of rotatable bonds is 9. The third-order valence-corrected chi connectivity index (χ3v) is 4.24. The zero-order chi connectivity index (χ0) is 13.5. The molecule has 0 amide bonds. The quantitative estimate of drug-likeness (QED) is 0.554. The summed E-state index contributed by atoms with van der Waals surface area (Å²) in [7, 11) is 0. The SMILES string of the molecule is CCN(CC)CCSc1ncc(CNC2CC2)cn1. The molecule has 1 saturated carbocycles. The Morgan fingerprint density at radius 3 is 2.53 bits per heavy atom. The van der Waals surface area contributed by atoms with Crippen molar-refractivity contribution < 1.29 is 0 Å². The molecule has 0 aromatic carbocycles. The van der Waals surface area contributed by atoms with Crippen molar-refractivity contribution in [1.82, 2.24) is 20.2 Å². The first-order valence-corrected chi connectivity index (χ1v) is 8.19. The Morgan fingerprint density at radius 1 is 1.26 bits per heavy atom. The lowest BCUT2D eigenvalue weighted by Crippen LogP contribution is -2.25. The average molecular weight is 280 g/mol. The van der Waals surface area contributed by atoms with Gasteiger partial charge in [-0.1, -0.05) is 25.6 Å². The van der Waals surface area contributed by atoms with Crippen LogP contribution in [-0.2, 0) is 6.54 Å². The molecule has 5 heteroatoms. The second-order valence-electron chi connectivity index (χ2n) is 4.90. The van der Waals surface area contributed by atoms with E-state index < -0.39 is 0 Å². The van der Waals surface area contributed by atoms with Crippen LogP contribution in [0.4, 0.5) is 0 Å². The molecule has 106 valence electrons. The van der Waals surface area contributed by atoms with E-state index >= 15 is 0 Å². The molecule has 4 nitrogen and oxygen atoms in total. The van der Waals surface area contributed by atoms with Gasteiger partial charge in [0.25, 0.3) is 0 Å². The molecule has 1 heterocycles. The summed E-state index contributed by atoms with van der Waals surface area (Å²) in [5, 5.41) is 4.36. The fourth-order valence-corrected chi connectivity index (χ4v) is 2.65. The maximum absolute atomic E-state index is 4.42. The molecule has 0 saturated heterocycles. The van der Waals surface area contributed by atoms with Crippen LogP contribution in [0, 0.1) is 0 Å². The van der Waals surface area contributed by atoms with Crippen LogP contribution < -0.4 is 5.32 Å². The summed E-state index contributed by atoms with van der Waals surface area (Å²) in [6.45, 7) is 8.63. The Balaban J connectivity index is 1.68. The van der Waals surface area contributed by atoms with Crippen LogP contribution in [0.3, 0.4) is 0 Å².